The van der Waals surface area contributed by atoms with Gasteiger partial charge in [0, 0.05) is 12.6 Å². The number of carbonyl (C=O) groups is 1. The first-order valence-corrected chi connectivity index (χ1v) is 7.14. The lowest BCUT2D eigenvalue weighted by atomic mass is 9.71. The summed E-state index contributed by atoms with van der Waals surface area (Å²) in [5, 5.41) is 2.71. The van der Waals surface area contributed by atoms with Crippen LogP contribution in [-0.2, 0) is 4.79 Å². The van der Waals surface area contributed by atoms with Crippen LogP contribution < -0.4 is 5.32 Å². The summed E-state index contributed by atoms with van der Waals surface area (Å²) in [4.78, 5) is 11.6. The van der Waals surface area contributed by atoms with Crippen molar-refractivity contribution in [1.82, 2.24) is 5.32 Å². The Morgan fingerprint density at radius 3 is 2.72 bits per heavy atom. The predicted octanol–water partition coefficient (Wildman–Crippen LogP) is 3.45. The third-order valence-electron chi connectivity index (χ3n) is 4.78. The molecule has 0 heterocycles. The summed E-state index contributed by atoms with van der Waals surface area (Å²) in [7, 11) is 1.70. The van der Waals surface area contributed by atoms with Crippen LogP contribution in [0.25, 0.3) is 0 Å². The zero-order valence-corrected chi connectivity index (χ0v) is 12.0. The van der Waals surface area contributed by atoms with Crippen LogP contribution in [0.15, 0.2) is 22.8 Å². The minimum atomic E-state index is 0.0569. The molecular formula is C16H25NO. The molecule has 3 atom stereocenters. The lowest BCUT2D eigenvalue weighted by molar-refractivity contribution is -0.117. The average molecular weight is 247 g/mol. The highest BCUT2D eigenvalue weighted by atomic mass is 16.1. The Hall–Kier alpha value is -1.05. The fourth-order valence-electron chi connectivity index (χ4n) is 3.72. The Balaban J connectivity index is 2.24. The van der Waals surface area contributed by atoms with E-state index in [1.165, 1.54) is 25.7 Å². The van der Waals surface area contributed by atoms with Crippen molar-refractivity contribution in [2.24, 2.45) is 17.8 Å². The second kappa shape index (κ2) is 5.29. The fourth-order valence-corrected chi connectivity index (χ4v) is 3.72. The lowest BCUT2D eigenvalue weighted by Gasteiger charge is -2.34. The molecule has 0 aromatic carbocycles. The third kappa shape index (κ3) is 2.38. The number of nitrogens with one attached hydrogen (secondary N) is 1. The topological polar surface area (TPSA) is 29.1 Å². The highest BCUT2D eigenvalue weighted by molar-refractivity contribution is 5.92. The second-order valence-corrected chi connectivity index (χ2v) is 5.97. The monoisotopic (exact) mass is 247 g/mol. The van der Waals surface area contributed by atoms with Crippen LogP contribution >= 0.6 is 0 Å². The van der Waals surface area contributed by atoms with Crippen molar-refractivity contribution in [3.8, 4) is 0 Å². The second-order valence-electron chi connectivity index (χ2n) is 5.97. The molecule has 2 rings (SSSR count). The number of allylic oxidation sites excluding steroid dienone is 3. The molecule has 2 aliphatic rings. The number of amides is 1. The van der Waals surface area contributed by atoms with Gasteiger partial charge in [0.1, 0.15) is 0 Å². The molecule has 2 aliphatic carbocycles. The first-order chi connectivity index (χ1) is 8.54. The van der Waals surface area contributed by atoms with Gasteiger partial charge in [0.25, 0.3) is 0 Å². The van der Waals surface area contributed by atoms with Gasteiger partial charge in [0.05, 0.1) is 0 Å². The molecule has 0 spiro atoms. The van der Waals surface area contributed by atoms with Crippen LogP contribution in [0.5, 0.6) is 0 Å². The SMILES string of the molecule is CNC(=O)/C(C)=C/[C@@H]1CC[C@@H](C)[C@H]2CCC(C)=C12. The van der Waals surface area contributed by atoms with Crippen molar-refractivity contribution in [2.45, 2.75) is 46.5 Å². The van der Waals surface area contributed by atoms with Gasteiger partial charge in [-0.05, 0) is 57.3 Å². The summed E-state index contributed by atoms with van der Waals surface area (Å²) < 4.78 is 0. The van der Waals surface area contributed by atoms with Crippen molar-refractivity contribution in [3.63, 3.8) is 0 Å². The summed E-state index contributed by atoms with van der Waals surface area (Å²) in [5.41, 5.74) is 4.09. The molecule has 1 amide bonds. The van der Waals surface area contributed by atoms with Crippen LogP contribution in [-0.4, -0.2) is 13.0 Å². The molecule has 18 heavy (non-hydrogen) atoms. The van der Waals surface area contributed by atoms with Gasteiger partial charge in [0.2, 0.25) is 5.91 Å². The number of carbonyl (C=O) groups excluding carboxylic acids is 1. The first kappa shape index (κ1) is 13.4. The number of likely N-dealkylation sites (N-methyl/N-ethyl adjacent to an activating group) is 1. The molecule has 1 fully saturated rings. The van der Waals surface area contributed by atoms with Crippen LogP contribution in [0.1, 0.15) is 46.5 Å². The predicted molar refractivity (Wildman–Crippen MR) is 75.1 cm³/mol. The molecule has 0 aromatic rings. The zero-order valence-electron chi connectivity index (χ0n) is 12.0. The van der Waals surface area contributed by atoms with E-state index in [0.29, 0.717) is 5.92 Å². The van der Waals surface area contributed by atoms with E-state index < -0.39 is 0 Å². The van der Waals surface area contributed by atoms with Crippen molar-refractivity contribution in [2.75, 3.05) is 7.05 Å². The van der Waals surface area contributed by atoms with Gasteiger partial charge in [-0.25, -0.2) is 0 Å². The standard InChI is InChI=1S/C16H25NO/c1-10-5-7-13(9-12(3)16(18)17-4)15-11(2)6-8-14(10)15/h9-10,13-14H,5-8H2,1-4H3,(H,17,18)/b12-9+/t10-,13+,14-/m1/s1. The van der Waals surface area contributed by atoms with Gasteiger partial charge < -0.3 is 5.32 Å². The van der Waals surface area contributed by atoms with Gasteiger partial charge in [0.15, 0.2) is 0 Å². The molecule has 2 heteroatoms. The molecule has 1 saturated carbocycles. The molecule has 2 nitrogen and oxygen atoms in total. The zero-order chi connectivity index (χ0) is 13.3. The lowest BCUT2D eigenvalue weighted by Crippen LogP contribution is -2.25. The van der Waals surface area contributed by atoms with Crippen molar-refractivity contribution >= 4 is 5.91 Å². The van der Waals surface area contributed by atoms with Crippen LogP contribution in [0.2, 0.25) is 0 Å². The van der Waals surface area contributed by atoms with E-state index in [0.717, 1.165) is 17.4 Å². The number of fused-ring (bicyclic) bond motifs is 1. The van der Waals surface area contributed by atoms with E-state index in [9.17, 15) is 4.79 Å². The molecular weight excluding hydrogens is 222 g/mol. The molecule has 0 radical (unpaired) electrons. The van der Waals surface area contributed by atoms with Gasteiger partial charge in [-0.3, -0.25) is 4.79 Å². The maximum Gasteiger partial charge on any atom is 0.246 e. The quantitative estimate of drug-likeness (QED) is 0.587. The van der Waals surface area contributed by atoms with Crippen molar-refractivity contribution in [1.29, 1.82) is 0 Å². The summed E-state index contributed by atoms with van der Waals surface area (Å²) in [6.07, 6.45) is 7.28. The minimum Gasteiger partial charge on any atom is -0.355 e. The van der Waals surface area contributed by atoms with Crippen LogP contribution in [0.3, 0.4) is 0 Å². The van der Waals surface area contributed by atoms with Gasteiger partial charge in [-0.1, -0.05) is 24.1 Å². The summed E-state index contributed by atoms with van der Waals surface area (Å²) >= 11 is 0. The van der Waals surface area contributed by atoms with E-state index in [4.69, 9.17) is 0 Å². The maximum absolute atomic E-state index is 11.6. The summed E-state index contributed by atoms with van der Waals surface area (Å²) in [5.74, 6) is 2.16. The van der Waals surface area contributed by atoms with Gasteiger partial charge >= 0.3 is 0 Å². The van der Waals surface area contributed by atoms with Crippen LogP contribution in [0, 0.1) is 17.8 Å². The Morgan fingerprint density at radius 1 is 1.33 bits per heavy atom. The third-order valence-corrected chi connectivity index (χ3v) is 4.78. The van der Waals surface area contributed by atoms with Crippen molar-refractivity contribution in [3.05, 3.63) is 22.8 Å². The molecule has 0 unspecified atom stereocenters. The van der Waals surface area contributed by atoms with Crippen LogP contribution in [0.4, 0.5) is 0 Å². The largest absolute Gasteiger partial charge is 0.355 e. The highest BCUT2D eigenvalue weighted by Gasteiger charge is 2.35. The number of rotatable bonds is 2. The Kier molecular flexibility index (Phi) is 3.94. The first-order valence-electron chi connectivity index (χ1n) is 7.14. The normalized spacial score (nSPS) is 32.4. The van der Waals surface area contributed by atoms with Gasteiger partial charge in [-0.15, -0.1) is 0 Å². The van der Waals surface area contributed by atoms with E-state index in [2.05, 4.69) is 25.2 Å². The van der Waals surface area contributed by atoms with E-state index in [1.54, 1.807) is 18.2 Å². The molecule has 0 aromatic heterocycles. The highest BCUT2D eigenvalue weighted by Crippen LogP contribution is 2.48. The Bertz CT molecular complexity index is 405. The molecule has 0 bridgehead atoms. The van der Waals surface area contributed by atoms with E-state index in [-0.39, 0.29) is 5.91 Å². The number of hydrogen-bond donors (Lipinski definition) is 1. The Morgan fingerprint density at radius 2 is 2.06 bits per heavy atom. The molecule has 100 valence electrons. The van der Waals surface area contributed by atoms with E-state index >= 15 is 0 Å². The summed E-state index contributed by atoms with van der Waals surface area (Å²) in [6, 6.07) is 0. The molecule has 0 saturated heterocycles. The minimum absolute atomic E-state index is 0.0569. The molecule has 1 N–H and O–H groups in total. The van der Waals surface area contributed by atoms with Crippen molar-refractivity contribution < 1.29 is 4.79 Å². The van der Waals surface area contributed by atoms with Gasteiger partial charge in [-0.2, -0.15) is 0 Å². The number of hydrogen-bond acceptors (Lipinski definition) is 1. The molecule has 0 aliphatic heterocycles. The Labute approximate surface area is 111 Å². The fraction of sp³-hybridized carbons (Fsp3) is 0.688. The maximum atomic E-state index is 11.6. The average Bonchev–Trinajstić information content (AvgIpc) is 2.75. The summed E-state index contributed by atoms with van der Waals surface area (Å²) in [6.45, 7) is 6.59. The smallest absolute Gasteiger partial charge is 0.246 e. The van der Waals surface area contributed by atoms with E-state index in [1.807, 2.05) is 6.92 Å².